The Kier molecular flexibility index (Phi) is 7.27. The second kappa shape index (κ2) is 9.60. The molecule has 0 spiro atoms. The molecule has 2 aromatic carbocycles. The Morgan fingerprint density at radius 2 is 1.84 bits per heavy atom. The normalized spacial score (nSPS) is 12.1. The summed E-state index contributed by atoms with van der Waals surface area (Å²) in [6, 6.07) is 11.9. The Morgan fingerprint density at radius 1 is 1.12 bits per heavy atom. The van der Waals surface area contributed by atoms with Crippen molar-refractivity contribution in [1.82, 2.24) is 4.98 Å². The molecule has 4 nitrogen and oxygen atoms in total. The number of benzene rings is 2. The fourth-order valence-corrected chi connectivity index (χ4v) is 4.21. The molecule has 170 valence electrons. The molecule has 0 fully saturated rings. The highest BCUT2D eigenvalue weighted by molar-refractivity contribution is 7.14. The minimum absolute atomic E-state index is 0.141. The molecule has 3 rings (SSSR count). The van der Waals surface area contributed by atoms with Crippen LogP contribution in [0.1, 0.15) is 18.4 Å². The Labute approximate surface area is 194 Å². The number of carbonyl (C=O) groups excluding carboxylic acids is 1. The van der Waals surface area contributed by atoms with Crippen LogP contribution in [0.25, 0.3) is 11.3 Å². The van der Waals surface area contributed by atoms with Crippen molar-refractivity contribution in [2.24, 2.45) is 0 Å². The summed E-state index contributed by atoms with van der Waals surface area (Å²) in [6.07, 6.45) is -3.72. The molecule has 0 aliphatic heterocycles. The van der Waals surface area contributed by atoms with Gasteiger partial charge < -0.3 is 4.48 Å². The molecule has 1 heterocycles. The summed E-state index contributed by atoms with van der Waals surface area (Å²) in [5.74, 6) is -0.301. The number of alkyl halides is 3. The molecule has 1 aromatic heterocycles. The number of amides is 1. The molecule has 0 atom stereocenters. The standard InChI is InChI=1S/C23H24ClF3N3OS/c1-30(2,3)12-6-11-21(31)29(19-10-5-8-17(14-19)23(25,26)27)22-28-20(15-32-22)16-7-4-9-18(24)13-16/h4-5,7-10,13-15H,6,11-12H2,1-3H3/q+1. The number of anilines is 2. The molecule has 0 aliphatic carbocycles. The van der Waals surface area contributed by atoms with Crippen molar-refractivity contribution in [3.63, 3.8) is 0 Å². The van der Waals surface area contributed by atoms with Crippen LogP contribution in [0.4, 0.5) is 24.0 Å². The molecule has 0 radical (unpaired) electrons. The van der Waals surface area contributed by atoms with Crippen molar-refractivity contribution in [3.8, 4) is 11.3 Å². The third-order valence-electron chi connectivity index (χ3n) is 4.70. The van der Waals surface area contributed by atoms with Crippen LogP contribution in [0, 0.1) is 0 Å². The summed E-state index contributed by atoms with van der Waals surface area (Å²) >= 11 is 7.27. The highest BCUT2D eigenvalue weighted by atomic mass is 35.5. The van der Waals surface area contributed by atoms with Gasteiger partial charge in [-0.1, -0.05) is 29.8 Å². The molecule has 0 unspecified atom stereocenters. The van der Waals surface area contributed by atoms with Crippen LogP contribution in [0.5, 0.6) is 0 Å². The van der Waals surface area contributed by atoms with Gasteiger partial charge in [-0.2, -0.15) is 13.2 Å². The molecule has 32 heavy (non-hydrogen) atoms. The largest absolute Gasteiger partial charge is 0.416 e. The van der Waals surface area contributed by atoms with E-state index in [-0.39, 0.29) is 18.0 Å². The molecule has 0 saturated heterocycles. The molecule has 0 saturated carbocycles. The lowest BCUT2D eigenvalue weighted by atomic mass is 10.1. The zero-order valence-corrected chi connectivity index (χ0v) is 19.6. The van der Waals surface area contributed by atoms with Gasteiger partial charge in [-0.25, -0.2) is 4.98 Å². The topological polar surface area (TPSA) is 33.2 Å². The second-order valence-corrected chi connectivity index (χ2v) is 9.69. The second-order valence-electron chi connectivity index (χ2n) is 8.42. The Morgan fingerprint density at radius 3 is 2.50 bits per heavy atom. The molecule has 0 N–H and O–H groups in total. The maximum atomic E-state index is 13.3. The summed E-state index contributed by atoms with van der Waals surface area (Å²) in [5.41, 5.74) is 0.693. The highest BCUT2D eigenvalue weighted by Gasteiger charge is 2.32. The van der Waals surface area contributed by atoms with E-state index in [9.17, 15) is 18.0 Å². The van der Waals surface area contributed by atoms with Crippen LogP contribution in [0.2, 0.25) is 5.02 Å². The van der Waals surface area contributed by atoms with Crippen LogP contribution in [-0.2, 0) is 11.0 Å². The van der Waals surface area contributed by atoms with Gasteiger partial charge in [0, 0.05) is 28.8 Å². The molecular weight excluding hydrogens is 459 g/mol. The van der Waals surface area contributed by atoms with Crippen LogP contribution >= 0.6 is 22.9 Å². The van der Waals surface area contributed by atoms with E-state index in [2.05, 4.69) is 4.98 Å². The van der Waals surface area contributed by atoms with E-state index in [1.807, 2.05) is 27.2 Å². The molecule has 3 aromatic rings. The maximum absolute atomic E-state index is 13.3. The zero-order chi connectivity index (χ0) is 23.5. The predicted molar refractivity (Wildman–Crippen MR) is 123 cm³/mol. The van der Waals surface area contributed by atoms with Crippen molar-refractivity contribution in [1.29, 1.82) is 0 Å². The first-order valence-electron chi connectivity index (χ1n) is 9.96. The number of halogens is 4. The Hall–Kier alpha value is -2.42. The summed E-state index contributed by atoms with van der Waals surface area (Å²) in [4.78, 5) is 19.0. The smallest absolute Gasteiger partial charge is 0.331 e. The van der Waals surface area contributed by atoms with Crippen molar-refractivity contribution < 1.29 is 22.4 Å². The molecule has 0 bridgehead atoms. The number of hydrogen-bond donors (Lipinski definition) is 0. The van der Waals surface area contributed by atoms with E-state index in [1.54, 1.807) is 23.6 Å². The SMILES string of the molecule is C[N+](C)(C)CCCC(=O)N(c1cccc(C(F)(F)F)c1)c1nc(-c2cccc(Cl)c2)cs1. The van der Waals surface area contributed by atoms with Crippen molar-refractivity contribution >= 4 is 39.7 Å². The van der Waals surface area contributed by atoms with E-state index in [4.69, 9.17) is 11.6 Å². The van der Waals surface area contributed by atoms with Crippen molar-refractivity contribution in [3.05, 3.63) is 64.5 Å². The lowest BCUT2D eigenvalue weighted by Crippen LogP contribution is -2.36. The number of quaternary nitrogens is 1. The third-order valence-corrected chi connectivity index (χ3v) is 5.77. The van der Waals surface area contributed by atoms with Crippen LogP contribution in [0.15, 0.2) is 53.9 Å². The van der Waals surface area contributed by atoms with Gasteiger partial charge in [0.25, 0.3) is 0 Å². The van der Waals surface area contributed by atoms with Gasteiger partial charge in [-0.15, -0.1) is 11.3 Å². The van der Waals surface area contributed by atoms with Gasteiger partial charge in [0.1, 0.15) is 0 Å². The van der Waals surface area contributed by atoms with Crippen LogP contribution in [-0.4, -0.2) is 43.1 Å². The summed E-state index contributed by atoms with van der Waals surface area (Å²) in [5, 5.41) is 2.62. The average molecular weight is 483 g/mol. The number of hydrogen-bond acceptors (Lipinski definition) is 3. The van der Waals surface area contributed by atoms with E-state index >= 15 is 0 Å². The maximum Gasteiger partial charge on any atom is 0.416 e. The van der Waals surface area contributed by atoms with Crippen molar-refractivity contribution in [2.75, 3.05) is 32.6 Å². The first-order valence-corrected chi connectivity index (χ1v) is 11.2. The lowest BCUT2D eigenvalue weighted by Gasteiger charge is -2.25. The minimum Gasteiger partial charge on any atom is -0.331 e. The Balaban J connectivity index is 1.97. The van der Waals surface area contributed by atoms with Crippen molar-refractivity contribution in [2.45, 2.75) is 19.0 Å². The first-order chi connectivity index (χ1) is 14.9. The fourth-order valence-electron chi connectivity index (χ4n) is 3.15. The molecular formula is C23H24ClF3N3OS+. The number of carbonyl (C=O) groups is 1. The van der Waals surface area contributed by atoms with Crippen LogP contribution < -0.4 is 4.90 Å². The highest BCUT2D eigenvalue weighted by Crippen LogP contribution is 2.37. The van der Waals surface area contributed by atoms with E-state index in [0.29, 0.717) is 26.8 Å². The summed E-state index contributed by atoms with van der Waals surface area (Å²) in [6.45, 7) is 0.758. The van der Waals surface area contributed by atoms with Gasteiger partial charge in [0.05, 0.1) is 44.6 Å². The number of aromatic nitrogens is 1. The average Bonchev–Trinajstić information content (AvgIpc) is 3.16. The third kappa shape index (κ3) is 6.31. The minimum atomic E-state index is -4.51. The van der Waals surface area contributed by atoms with Gasteiger partial charge in [0.15, 0.2) is 5.13 Å². The zero-order valence-electron chi connectivity index (χ0n) is 18.0. The lowest BCUT2D eigenvalue weighted by molar-refractivity contribution is -0.870. The summed E-state index contributed by atoms with van der Waals surface area (Å²) in [7, 11) is 6.06. The Bertz CT molecular complexity index is 1090. The number of nitrogens with zero attached hydrogens (tertiary/aromatic N) is 3. The molecule has 9 heteroatoms. The van der Waals surface area contributed by atoms with Gasteiger partial charge in [-0.05, 0) is 30.3 Å². The quantitative estimate of drug-likeness (QED) is 0.354. The van der Waals surface area contributed by atoms with E-state index < -0.39 is 11.7 Å². The van der Waals surface area contributed by atoms with Crippen LogP contribution in [0.3, 0.4) is 0 Å². The summed E-state index contributed by atoms with van der Waals surface area (Å²) < 4.78 is 40.6. The van der Waals surface area contributed by atoms with Gasteiger partial charge in [-0.3, -0.25) is 9.69 Å². The first kappa shape index (κ1) is 24.2. The predicted octanol–water partition coefficient (Wildman–Crippen LogP) is 6.63. The monoisotopic (exact) mass is 482 g/mol. The molecule has 0 aliphatic rings. The van der Waals surface area contributed by atoms with E-state index in [1.165, 1.54) is 28.4 Å². The van der Waals surface area contributed by atoms with Gasteiger partial charge in [0.2, 0.25) is 5.91 Å². The number of thiazole rings is 1. The number of rotatable bonds is 7. The van der Waals surface area contributed by atoms with E-state index in [0.717, 1.165) is 24.2 Å². The fraction of sp³-hybridized carbons (Fsp3) is 0.304. The van der Waals surface area contributed by atoms with Gasteiger partial charge >= 0.3 is 6.18 Å². The molecule has 1 amide bonds.